The van der Waals surface area contributed by atoms with Crippen LogP contribution >= 0.6 is 0 Å². The second-order valence-electron chi connectivity index (χ2n) is 7.07. The molecule has 0 unspecified atom stereocenters. The Morgan fingerprint density at radius 1 is 1.11 bits per heavy atom. The number of carbonyl (C=O) groups excluding carboxylic acids is 2. The first-order valence-electron chi connectivity index (χ1n) is 9.43. The van der Waals surface area contributed by atoms with Gasteiger partial charge in [-0.2, -0.15) is 0 Å². The van der Waals surface area contributed by atoms with Crippen molar-refractivity contribution in [3.05, 3.63) is 65.2 Å². The number of hydrogen-bond acceptors (Lipinski definition) is 3. The number of rotatable bonds is 8. The molecule has 6 heteroatoms. The number of nitrogens with zero attached hydrogens (tertiary/aromatic N) is 1. The summed E-state index contributed by atoms with van der Waals surface area (Å²) in [5, 5.41) is 5.56. The number of hydrogen-bond donors (Lipinski definition) is 2. The first-order valence-corrected chi connectivity index (χ1v) is 9.43. The van der Waals surface area contributed by atoms with E-state index in [0.717, 1.165) is 16.9 Å². The van der Waals surface area contributed by atoms with Gasteiger partial charge in [0, 0.05) is 25.2 Å². The minimum Gasteiger partial charge on any atom is -0.492 e. The fraction of sp³-hybridized carbons (Fsp3) is 0.364. The zero-order chi connectivity index (χ0) is 20.5. The molecule has 28 heavy (non-hydrogen) atoms. The Morgan fingerprint density at radius 2 is 1.82 bits per heavy atom. The maximum Gasteiger partial charge on any atom is 0.315 e. The molecule has 0 aliphatic rings. The highest BCUT2D eigenvalue weighted by Gasteiger charge is 2.12. The highest BCUT2D eigenvalue weighted by atomic mass is 16.5. The van der Waals surface area contributed by atoms with Gasteiger partial charge in [0.1, 0.15) is 12.4 Å². The summed E-state index contributed by atoms with van der Waals surface area (Å²) in [6, 6.07) is 15.0. The Bertz CT molecular complexity index is 788. The number of aryl methyl sites for hydroxylation is 1. The van der Waals surface area contributed by atoms with E-state index in [1.807, 2.05) is 57.2 Å². The quantitative estimate of drug-likeness (QED) is 0.734. The molecule has 0 radical (unpaired) electrons. The summed E-state index contributed by atoms with van der Waals surface area (Å²) in [5.41, 5.74) is 2.67. The van der Waals surface area contributed by atoms with Crippen molar-refractivity contribution in [1.29, 1.82) is 0 Å². The molecule has 0 spiro atoms. The molecule has 150 valence electrons. The van der Waals surface area contributed by atoms with Crippen LogP contribution in [0.4, 0.5) is 4.79 Å². The fourth-order valence-electron chi connectivity index (χ4n) is 2.59. The summed E-state index contributed by atoms with van der Waals surface area (Å²) in [5.74, 6) is 0.740. The molecular formula is C22H29N3O3. The second kappa shape index (κ2) is 10.3. The molecule has 0 atom stereocenters. The van der Waals surface area contributed by atoms with Gasteiger partial charge in [-0.15, -0.1) is 0 Å². The zero-order valence-electron chi connectivity index (χ0n) is 17.0. The Morgan fingerprint density at radius 3 is 2.46 bits per heavy atom. The molecule has 0 aliphatic heterocycles. The highest BCUT2D eigenvalue weighted by molar-refractivity contribution is 5.94. The smallest absolute Gasteiger partial charge is 0.315 e. The van der Waals surface area contributed by atoms with Crippen LogP contribution in [0.3, 0.4) is 0 Å². The Labute approximate surface area is 166 Å². The molecule has 2 aromatic carbocycles. The maximum absolute atomic E-state index is 12.5. The molecule has 0 saturated carbocycles. The van der Waals surface area contributed by atoms with Crippen molar-refractivity contribution in [2.45, 2.75) is 33.4 Å². The molecule has 6 nitrogen and oxygen atoms in total. The van der Waals surface area contributed by atoms with Gasteiger partial charge in [0.15, 0.2) is 0 Å². The van der Waals surface area contributed by atoms with Crippen molar-refractivity contribution >= 4 is 11.9 Å². The van der Waals surface area contributed by atoms with Crippen LogP contribution in [0.15, 0.2) is 48.5 Å². The van der Waals surface area contributed by atoms with E-state index in [0.29, 0.717) is 25.3 Å². The normalized spacial score (nSPS) is 10.5. The van der Waals surface area contributed by atoms with E-state index in [-0.39, 0.29) is 18.0 Å². The lowest BCUT2D eigenvalue weighted by Crippen LogP contribution is -2.39. The summed E-state index contributed by atoms with van der Waals surface area (Å²) >= 11 is 0. The van der Waals surface area contributed by atoms with Crippen molar-refractivity contribution in [3.8, 4) is 5.75 Å². The van der Waals surface area contributed by atoms with Crippen LogP contribution < -0.4 is 15.4 Å². The van der Waals surface area contributed by atoms with Crippen LogP contribution in [0.1, 0.15) is 35.3 Å². The van der Waals surface area contributed by atoms with E-state index in [9.17, 15) is 9.59 Å². The number of likely N-dealkylation sites (N-methyl/N-ethyl adjacent to an activating group) is 1. The average Bonchev–Trinajstić information content (AvgIpc) is 2.65. The lowest BCUT2D eigenvalue weighted by molar-refractivity contribution is 0.0773. The summed E-state index contributed by atoms with van der Waals surface area (Å²) in [7, 11) is 1.76. The number of nitrogens with one attached hydrogen (secondary N) is 2. The van der Waals surface area contributed by atoms with Crippen LogP contribution in [0.2, 0.25) is 0 Å². The van der Waals surface area contributed by atoms with Gasteiger partial charge >= 0.3 is 6.03 Å². The Balaban J connectivity index is 1.80. The molecule has 0 saturated heterocycles. The molecule has 2 aromatic rings. The molecule has 2 N–H and O–H groups in total. The summed E-state index contributed by atoms with van der Waals surface area (Å²) < 4.78 is 5.70. The fourth-order valence-corrected chi connectivity index (χ4v) is 2.59. The highest BCUT2D eigenvalue weighted by Crippen LogP contribution is 2.12. The third kappa shape index (κ3) is 6.95. The number of amides is 3. The zero-order valence-corrected chi connectivity index (χ0v) is 17.0. The van der Waals surface area contributed by atoms with E-state index in [2.05, 4.69) is 10.6 Å². The minimum absolute atomic E-state index is 0.0649. The van der Waals surface area contributed by atoms with E-state index < -0.39 is 0 Å². The Hall–Kier alpha value is -3.02. The summed E-state index contributed by atoms with van der Waals surface area (Å²) in [6.45, 7) is 7.15. The Kier molecular flexibility index (Phi) is 7.87. The molecular weight excluding hydrogens is 354 g/mol. The van der Waals surface area contributed by atoms with Gasteiger partial charge < -0.3 is 20.3 Å². The molecule has 0 heterocycles. The van der Waals surface area contributed by atoms with E-state index in [4.69, 9.17) is 4.74 Å². The van der Waals surface area contributed by atoms with Crippen molar-refractivity contribution in [2.75, 3.05) is 20.2 Å². The lowest BCUT2D eigenvalue weighted by Gasteiger charge is -2.18. The van der Waals surface area contributed by atoms with Crippen LogP contribution in [-0.2, 0) is 6.54 Å². The van der Waals surface area contributed by atoms with Crippen LogP contribution in [0.5, 0.6) is 5.75 Å². The molecule has 0 bridgehead atoms. The van der Waals surface area contributed by atoms with E-state index in [1.165, 1.54) is 0 Å². The number of benzene rings is 2. The summed E-state index contributed by atoms with van der Waals surface area (Å²) in [6.07, 6.45) is 0. The molecule has 0 fully saturated rings. The van der Waals surface area contributed by atoms with E-state index in [1.54, 1.807) is 24.1 Å². The third-order valence-electron chi connectivity index (χ3n) is 4.11. The largest absolute Gasteiger partial charge is 0.492 e. The van der Waals surface area contributed by atoms with Gasteiger partial charge in [-0.1, -0.05) is 24.3 Å². The molecule has 0 aliphatic carbocycles. The monoisotopic (exact) mass is 383 g/mol. The van der Waals surface area contributed by atoms with Crippen LogP contribution in [-0.4, -0.2) is 43.1 Å². The van der Waals surface area contributed by atoms with Gasteiger partial charge in [0.05, 0.1) is 6.54 Å². The van der Waals surface area contributed by atoms with Gasteiger partial charge in [-0.05, 0) is 56.2 Å². The third-order valence-corrected chi connectivity index (χ3v) is 4.11. The van der Waals surface area contributed by atoms with E-state index >= 15 is 0 Å². The lowest BCUT2D eigenvalue weighted by atomic mass is 10.1. The topological polar surface area (TPSA) is 70.7 Å². The molecule has 3 amide bonds. The SMILES string of the molecule is Cc1cccc(OCCN(C)C(=O)c2ccc(CNC(=O)NC(C)C)cc2)c1. The van der Waals surface area contributed by atoms with Gasteiger partial charge in [0.25, 0.3) is 5.91 Å². The summed E-state index contributed by atoms with van der Waals surface area (Å²) in [4.78, 5) is 25.8. The van der Waals surface area contributed by atoms with Crippen LogP contribution in [0.25, 0.3) is 0 Å². The second-order valence-corrected chi connectivity index (χ2v) is 7.07. The first-order chi connectivity index (χ1) is 13.3. The predicted molar refractivity (Wildman–Crippen MR) is 111 cm³/mol. The number of ether oxygens (including phenoxy) is 1. The van der Waals surface area contributed by atoms with Crippen molar-refractivity contribution in [1.82, 2.24) is 15.5 Å². The van der Waals surface area contributed by atoms with Crippen molar-refractivity contribution in [2.24, 2.45) is 0 Å². The van der Waals surface area contributed by atoms with Crippen LogP contribution in [0, 0.1) is 6.92 Å². The van der Waals surface area contributed by atoms with Gasteiger partial charge in [-0.3, -0.25) is 4.79 Å². The predicted octanol–water partition coefficient (Wildman–Crippen LogP) is 3.35. The number of carbonyl (C=O) groups is 2. The first kappa shape index (κ1) is 21.3. The molecule has 0 aromatic heterocycles. The van der Waals surface area contributed by atoms with Crippen molar-refractivity contribution < 1.29 is 14.3 Å². The number of urea groups is 1. The standard InChI is InChI=1S/C22H29N3O3/c1-16(2)24-22(27)23-15-18-8-10-19(11-9-18)21(26)25(4)12-13-28-20-7-5-6-17(3)14-20/h5-11,14,16H,12-13,15H2,1-4H3,(H2,23,24,27). The maximum atomic E-state index is 12.5. The molecule has 2 rings (SSSR count). The minimum atomic E-state index is -0.205. The van der Waals surface area contributed by atoms with Gasteiger partial charge in [0.2, 0.25) is 0 Å². The van der Waals surface area contributed by atoms with Gasteiger partial charge in [-0.25, -0.2) is 4.79 Å². The average molecular weight is 383 g/mol. The van der Waals surface area contributed by atoms with Crippen molar-refractivity contribution in [3.63, 3.8) is 0 Å².